The van der Waals surface area contributed by atoms with Crippen LogP contribution in [0.25, 0.3) is 11.3 Å². The van der Waals surface area contributed by atoms with Gasteiger partial charge < -0.3 is 0 Å². The molecular formula is C18H16N2O. The molecule has 0 saturated heterocycles. The van der Waals surface area contributed by atoms with Gasteiger partial charge in [-0.05, 0) is 24.1 Å². The summed E-state index contributed by atoms with van der Waals surface area (Å²) in [5.74, 6) is 0. The third-order valence-electron chi connectivity index (χ3n) is 3.40. The van der Waals surface area contributed by atoms with Gasteiger partial charge in [-0.3, -0.25) is 9.48 Å². The van der Waals surface area contributed by atoms with Crippen molar-refractivity contribution < 1.29 is 4.79 Å². The molecule has 2 aromatic carbocycles. The molecule has 0 aliphatic heterocycles. The topological polar surface area (TPSA) is 34.9 Å². The smallest absolute Gasteiger partial charge is 0.170 e. The fraction of sp³-hybridized carbons (Fsp3) is 0.111. The highest BCUT2D eigenvalue weighted by Crippen LogP contribution is 2.21. The minimum Gasteiger partial charge on any atom is -0.296 e. The van der Waals surface area contributed by atoms with Crippen molar-refractivity contribution in [3.8, 4) is 11.3 Å². The molecule has 3 heteroatoms. The Kier molecular flexibility index (Phi) is 3.65. The molecule has 0 aliphatic rings. The molecule has 0 atom stereocenters. The number of carbonyl (C=O) groups excluding carboxylic acids is 1. The van der Waals surface area contributed by atoms with E-state index in [1.807, 2.05) is 47.1 Å². The Morgan fingerprint density at radius 1 is 1.05 bits per heavy atom. The lowest BCUT2D eigenvalue weighted by atomic mass is 10.1. The van der Waals surface area contributed by atoms with Crippen LogP contribution in [0.1, 0.15) is 21.6 Å². The molecule has 0 aliphatic carbocycles. The molecule has 0 N–H and O–H groups in total. The van der Waals surface area contributed by atoms with E-state index in [4.69, 9.17) is 0 Å². The SMILES string of the molecule is Cc1cccc(Cn2nc(C=O)cc2-c2ccccc2)c1. The number of aromatic nitrogens is 2. The van der Waals surface area contributed by atoms with Gasteiger partial charge in [0.15, 0.2) is 6.29 Å². The standard InChI is InChI=1S/C18H16N2O/c1-14-6-5-7-15(10-14)12-20-18(11-17(13-21)19-20)16-8-3-2-4-9-16/h2-11,13H,12H2,1H3. The zero-order valence-corrected chi connectivity index (χ0v) is 11.9. The summed E-state index contributed by atoms with van der Waals surface area (Å²) in [6, 6.07) is 20.2. The Morgan fingerprint density at radius 3 is 2.57 bits per heavy atom. The van der Waals surface area contributed by atoms with Crippen molar-refractivity contribution in [2.75, 3.05) is 0 Å². The first-order valence-electron chi connectivity index (χ1n) is 6.90. The number of hydrogen-bond donors (Lipinski definition) is 0. The molecule has 0 unspecified atom stereocenters. The first-order chi connectivity index (χ1) is 10.3. The predicted molar refractivity (Wildman–Crippen MR) is 83.3 cm³/mol. The van der Waals surface area contributed by atoms with Crippen LogP contribution in [0.3, 0.4) is 0 Å². The monoisotopic (exact) mass is 276 g/mol. The molecule has 0 radical (unpaired) electrons. The van der Waals surface area contributed by atoms with Crippen LogP contribution in [0.4, 0.5) is 0 Å². The average Bonchev–Trinajstić information content (AvgIpc) is 2.91. The van der Waals surface area contributed by atoms with Gasteiger partial charge in [0.2, 0.25) is 0 Å². The van der Waals surface area contributed by atoms with E-state index < -0.39 is 0 Å². The maximum atomic E-state index is 11.0. The highest BCUT2D eigenvalue weighted by molar-refractivity contribution is 5.75. The van der Waals surface area contributed by atoms with Gasteiger partial charge in [0.1, 0.15) is 5.69 Å². The van der Waals surface area contributed by atoms with Crippen molar-refractivity contribution in [3.63, 3.8) is 0 Å². The van der Waals surface area contributed by atoms with E-state index in [0.29, 0.717) is 12.2 Å². The number of hydrogen-bond acceptors (Lipinski definition) is 2. The fourth-order valence-electron chi connectivity index (χ4n) is 2.44. The number of benzene rings is 2. The lowest BCUT2D eigenvalue weighted by Crippen LogP contribution is -2.04. The largest absolute Gasteiger partial charge is 0.296 e. The highest BCUT2D eigenvalue weighted by Gasteiger charge is 2.10. The number of nitrogens with zero attached hydrogens (tertiary/aromatic N) is 2. The summed E-state index contributed by atoms with van der Waals surface area (Å²) < 4.78 is 1.88. The molecule has 3 rings (SSSR count). The Hall–Kier alpha value is -2.68. The summed E-state index contributed by atoms with van der Waals surface area (Å²) in [4.78, 5) is 11.0. The first-order valence-corrected chi connectivity index (χ1v) is 6.90. The van der Waals surface area contributed by atoms with E-state index >= 15 is 0 Å². The van der Waals surface area contributed by atoms with E-state index in [0.717, 1.165) is 17.5 Å². The normalized spacial score (nSPS) is 10.5. The highest BCUT2D eigenvalue weighted by atomic mass is 16.1. The van der Waals surface area contributed by atoms with Gasteiger partial charge in [-0.25, -0.2) is 0 Å². The second kappa shape index (κ2) is 5.75. The van der Waals surface area contributed by atoms with E-state index in [-0.39, 0.29) is 0 Å². The first kappa shape index (κ1) is 13.3. The Balaban J connectivity index is 2.01. The number of aldehydes is 1. The predicted octanol–water partition coefficient (Wildman–Crippen LogP) is 3.72. The third-order valence-corrected chi connectivity index (χ3v) is 3.40. The maximum Gasteiger partial charge on any atom is 0.170 e. The second-order valence-corrected chi connectivity index (χ2v) is 5.09. The average molecular weight is 276 g/mol. The summed E-state index contributed by atoms with van der Waals surface area (Å²) in [6.07, 6.45) is 0.791. The van der Waals surface area contributed by atoms with Crippen LogP contribution in [0.5, 0.6) is 0 Å². The van der Waals surface area contributed by atoms with Crippen molar-refractivity contribution in [2.24, 2.45) is 0 Å². The van der Waals surface area contributed by atoms with Gasteiger partial charge in [0.05, 0.1) is 12.2 Å². The van der Waals surface area contributed by atoms with Crippen molar-refractivity contribution >= 4 is 6.29 Å². The maximum absolute atomic E-state index is 11.0. The molecule has 0 spiro atoms. The lowest BCUT2D eigenvalue weighted by Gasteiger charge is -2.08. The summed E-state index contributed by atoms with van der Waals surface area (Å²) in [5, 5.41) is 4.38. The fourth-order valence-corrected chi connectivity index (χ4v) is 2.44. The summed E-state index contributed by atoms with van der Waals surface area (Å²) in [5.41, 5.74) is 4.87. The molecule has 1 heterocycles. The molecule has 0 saturated carbocycles. The van der Waals surface area contributed by atoms with Crippen LogP contribution in [0, 0.1) is 6.92 Å². The van der Waals surface area contributed by atoms with Gasteiger partial charge in [-0.15, -0.1) is 0 Å². The zero-order valence-electron chi connectivity index (χ0n) is 11.9. The van der Waals surface area contributed by atoms with Gasteiger partial charge in [0.25, 0.3) is 0 Å². The minimum atomic E-state index is 0.460. The van der Waals surface area contributed by atoms with Gasteiger partial charge >= 0.3 is 0 Å². The molecular weight excluding hydrogens is 260 g/mol. The van der Waals surface area contributed by atoms with E-state index in [2.05, 4.69) is 30.2 Å². The molecule has 104 valence electrons. The van der Waals surface area contributed by atoms with Crippen LogP contribution < -0.4 is 0 Å². The summed E-state index contributed by atoms with van der Waals surface area (Å²) in [6.45, 7) is 2.72. The van der Waals surface area contributed by atoms with Crippen LogP contribution in [-0.2, 0) is 6.54 Å². The van der Waals surface area contributed by atoms with E-state index in [1.54, 1.807) is 0 Å². The van der Waals surface area contributed by atoms with Crippen LogP contribution in [0.2, 0.25) is 0 Å². The summed E-state index contributed by atoms with van der Waals surface area (Å²) >= 11 is 0. The van der Waals surface area contributed by atoms with Gasteiger partial charge in [0, 0.05) is 0 Å². The molecule has 21 heavy (non-hydrogen) atoms. The Bertz CT molecular complexity index is 760. The van der Waals surface area contributed by atoms with E-state index in [9.17, 15) is 4.79 Å². The Labute approximate surface area is 123 Å². The van der Waals surface area contributed by atoms with Crippen LogP contribution in [-0.4, -0.2) is 16.1 Å². The molecule has 3 nitrogen and oxygen atoms in total. The molecule has 3 aromatic rings. The second-order valence-electron chi connectivity index (χ2n) is 5.09. The molecule has 0 bridgehead atoms. The molecule has 0 amide bonds. The van der Waals surface area contributed by atoms with E-state index in [1.165, 1.54) is 11.1 Å². The van der Waals surface area contributed by atoms with Crippen molar-refractivity contribution in [2.45, 2.75) is 13.5 Å². The summed E-state index contributed by atoms with van der Waals surface area (Å²) in [7, 11) is 0. The zero-order chi connectivity index (χ0) is 14.7. The molecule has 0 fully saturated rings. The van der Waals surface area contributed by atoms with Crippen molar-refractivity contribution in [1.29, 1.82) is 0 Å². The lowest BCUT2D eigenvalue weighted by molar-refractivity contribution is 0.111. The Morgan fingerprint density at radius 2 is 1.86 bits per heavy atom. The van der Waals surface area contributed by atoms with Crippen LogP contribution in [0.15, 0.2) is 60.7 Å². The number of carbonyl (C=O) groups is 1. The third kappa shape index (κ3) is 2.92. The quantitative estimate of drug-likeness (QED) is 0.681. The number of aryl methyl sites for hydroxylation is 1. The number of rotatable bonds is 4. The van der Waals surface area contributed by atoms with Gasteiger partial charge in [-0.2, -0.15) is 5.10 Å². The van der Waals surface area contributed by atoms with Crippen molar-refractivity contribution in [1.82, 2.24) is 9.78 Å². The van der Waals surface area contributed by atoms with Crippen molar-refractivity contribution in [3.05, 3.63) is 77.5 Å². The van der Waals surface area contributed by atoms with Crippen LogP contribution >= 0.6 is 0 Å². The minimum absolute atomic E-state index is 0.460. The molecule has 1 aromatic heterocycles. The van der Waals surface area contributed by atoms with Gasteiger partial charge in [-0.1, -0.05) is 60.2 Å².